The van der Waals surface area contributed by atoms with E-state index in [4.69, 9.17) is 0 Å². The van der Waals surface area contributed by atoms with Gasteiger partial charge in [0.15, 0.2) is 0 Å². The first kappa shape index (κ1) is 25.7. The van der Waals surface area contributed by atoms with E-state index in [1.807, 2.05) is 35.3 Å². The Balaban J connectivity index is 2.35. The number of hydrogen-bond acceptors (Lipinski definition) is 3. The van der Waals surface area contributed by atoms with Crippen LogP contribution in [0.25, 0.3) is 0 Å². The lowest BCUT2D eigenvalue weighted by atomic mass is 9.87. The molecule has 0 bridgehead atoms. The Bertz CT molecular complexity index is 737. The summed E-state index contributed by atoms with van der Waals surface area (Å²) < 4.78 is 0. The summed E-state index contributed by atoms with van der Waals surface area (Å²) >= 11 is 12.9. The van der Waals surface area contributed by atoms with E-state index in [9.17, 15) is 0 Å². The SMILES string of the molecule is CC(C)(C)c1cc(Sc2ccc(SCCBr)c(C(C)(C)C)c2)ccc1SCCBr. The molecule has 0 radical (unpaired) electrons. The number of thioether (sulfide) groups is 2. The number of hydrogen-bond donors (Lipinski definition) is 0. The average Bonchev–Trinajstić information content (AvgIpc) is 2.64. The molecule has 0 atom stereocenters. The lowest BCUT2D eigenvalue weighted by Crippen LogP contribution is -2.13. The highest BCUT2D eigenvalue weighted by Gasteiger charge is 2.21. The van der Waals surface area contributed by atoms with Gasteiger partial charge in [-0.15, -0.1) is 23.5 Å². The van der Waals surface area contributed by atoms with E-state index in [0.717, 1.165) is 22.2 Å². The van der Waals surface area contributed by atoms with E-state index < -0.39 is 0 Å². The Morgan fingerprint density at radius 1 is 0.655 bits per heavy atom. The van der Waals surface area contributed by atoms with E-state index in [2.05, 4.69) is 110 Å². The minimum absolute atomic E-state index is 0.137. The van der Waals surface area contributed by atoms with Crippen LogP contribution < -0.4 is 0 Å². The van der Waals surface area contributed by atoms with Crippen molar-refractivity contribution in [2.45, 2.75) is 72.0 Å². The van der Waals surface area contributed by atoms with Crippen molar-refractivity contribution in [2.75, 3.05) is 22.2 Å². The summed E-state index contributed by atoms with van der Waals surface area (Å²) in [5.41, 5.74) is 3.15. The predicted molar refractivity (Wildman–Crippen MR) is 143 cm³/mol. The van der Waals surface area contributed by atoms with Crippen molar-refractivity contribution in [2.24, 2.45) is 0 Å². The number of rotatable bonds is 8. The molecule has 0 saturated carbocycles. The molecule has 0 aliphatic carbocycles. The topological polar surface area (TPSA) is 0 Å². The molecule has 0 amide bonds. The van der Waals surface area contributed by atoms with Gasteiger partial charge in [-0.2, -0.15) is 0 Å². The van der Waals surface area contributed by atoms with E-state index in [-0.39, 0.29) is 10.8 Å². The largest absolute Gasteiger partial charge is 0.125 e. The summed E-state index contributed by atoms with van der Waals surface area (Å²) in [6.45, 7) is 13.8. The number of alkyl halides is 2. The predicted octanol–water partition coefficient (Wildman–Crippen LogP) is 9.41. The van der Waals surface area contributed by atoms with Crippen LogP contribution in [0.2, 0.25) is 0 Å². The zero-order valence-corrected chi connectivity index (χ0v) is 23.9. The van der Waals surface area contributed by atoms with Gasteiger partial charge in [0.25, 0.3) is 0 Å². The molecule has 0 saturated heterocycles. The zero-order chi connectivity index (χ0) is 21.7. The Hall–Kier alpha value is 0.450. The fraction of sp³-hybridized carbons (Fsp3) is 0.500. The third-order valence-electron chi connectivity index (χ3n) is 4.42. The van der Waals surface area contributed by atoms with Gasteiger partial charge in [-0.05, 0) is 58.4 Å². The zero-order valence-electron chi connectivity index (χ0n) is 18.3. The molecule has 0 aliphatic rings. The van der Waals surface area contributed by atoms with Crippen molar-refractivity contribution >= 4 is 67.1 Å². The second kappa shape index (κ2) is 11.4. The van der Waals surface area contributed by atoms with Crippen LogP contribution in [-0.2, 0) is 10.8 Å². The average molecular weight is 577 g/mol. The van der Waals surface area contributed by atoms with Crippen LogP contribution in [0, 0.1) is 0 Å². The van der Waals surface area contributed by atoms with Gasteiger partial charge in [0.05, 0.1) is 0 Å². The van der Waals surface area contributed by atoms with Gasteiger partial charge in [-0.1, -0.05) is 85.2 Å². The highest BCUT2D eigenvalue weighted by Crippen LogP contribution is 2.40. The van der Waals surface area contributed by atoms with Crippen LogP contribution in [-0.4, -0.2) is 22.2 Å². The highest BCUT2D eigenvalue weighted by atomic mass is 79.9. The summed E-state index contributed by atoms with van der Waals surface area (Å²) in [4.78, 5) is 5.44. The number of benzene rings is 2. The fourth-order valence-electron chi connectivity index (χ4n) is 3.00. The second-order valence-electron chi connectivity index (χ2n) is 8.99. The Kier molecular flexibility index (Phi) is 10.1. The molecule has 2 rings (SSSR count). The van der Waals surface area contributed by atoms with Crippen molar-refractivity contribution in [3.8, 4) is 0 Å². The number of halogens is 2. The van der Waals surface area contributed by atoms with Gasteiger partial charge >= 0.3 is 0 Å². The lowest BCUT2D eigenvalue weighted by molar-refractivity contribution is 0.576. The minimum Gasteiger partial charge on any atom is -0.125 e. The van der Waals surface area contributed by atoms with Gasteiger partial charge in [-0.25, -0.2) is 0 Å². The van der Waals surface area contributed by atoms with Crippen LogP contribution in [0.4, 0.5) is 0 Å². The molecule has 160 valence electrons. The smallest absolute Gasteiger partial charge is 0.0126 e. The van der Waals surface area contributed by atoms with Gasteiger partial charge < -0.3 is 0 Å². The first-order valence-electron chi connectivity index (χ1n) is 9.90. The normalized spacial score (nSPS) is 12.4. The van der Waals surface area contributed by atoms with Crippen molar-refractivity contribution in [1.29, 1.82) is 0 Å². The molecule has 0 unspecified atom stereocenters. The van der Waals surface area contributed by atoms with Gasteiger partial charge in [0.1, 0.15) is 0 Å². The van der Waals surface area contributed by atoms with Crippen molar-refractivity contribution in [3.63, 3.8) is 0 Å². The third kappa shape index (κ3) is 7.82. The summed E-state index contributed by atoms with van der Waals surface area (Å²) in [6, 6.07) is 14.0. The molecule has 0 fully saturated rings. The molecular weight excluding hydrogens is 544 g/mol. The van der Waals surface area contributed by atoms with Crippen LogP contribution >= 0.6 is 67.1 Å². The first-order chi connectivity index (χ1) is 13.6. The molecule has 0 aliphatic heterocycles. The van der Waals surface area contributed by atoms with E-state index in [1.165, 1.54) is 30.7 Å². The maximum atomic E-state index is 3.56. The minimum atomic E-state index is 0.137. The molecule has 29 heavy (non-hydrogen) atoms. The van der Waals surface area contributed by atoms with Gasteiger partial charge in [-0.3, -0.25) is 0 Å². The molecule has 0 N–H and O–H groups in total. The summed E-state index contributed by atoms with van der Waals surface area (Å²) in [7, 11) is 0. The standard InChI is InChI=1S/C24H32Br2S3/c1-23(2,3)19-15-17(7-9-21(19)27-13-11-25)29-18-8-10-22(28-14-12-26)20(16-18)24(4,5)6/h7-10,15-16H,11-14H2,1-6H3. The fourth-order valence-corrected chi connectivity index (χ4v) is 6.84. The Labute approximate surface area is 207 Å². The van der Waals surface area contributed by atoms with E-state index in [0.29, 0.717) is 0 Å². The van der Waals surface area contributed by atoms with Crippen molar-refractivity contribution < 1.29 is 0 Å². The molecule has 0 nitrogen and oxygen atoms in total. The molecule has 0 spiro atoms. The molecule has 0 aromatic heterocycles. The second-order valence-corrected chi connectivity index (χ2v) is 14.0. The van der Waals surface area contributed by atoms with Gasteiger partial charge in [0.2, 0.25) is 0 Å². The Morgan fingerprint density at radius 3 is 1.34 bits per heavy atom. The highest BCUT2D eigenvalue weighted by molar-refractivity contribution is 9.09. The van der Waals surface area contributed by atoms with E-state index in [1.54, 1.807) is 0 Å². The molecular formula is C24H32Br2S3. The summed E-state index contributed by atoms with van der Waals surface area (Å²) in [6.07, 6.45) is 0. The van der Waals surface area contributed by atoms with E-state index >= 15 is 0 Å². The lowest BCUT2D eigenvalue weighted by Gasteiger charge is -2.24. The van der Waals surface area contributed by atoms with Crippen LogP contribution in [0.3, 0.4) is 0 Å². The monoisotopic (exact) mass is 574 g/mol. The van der Waals surface area contributed by atoms with Crippen molar-refractivity contribution in [3.05, 3.63) is 47.5 Å². The van der Waals surface area contributed by atoms with Crippen molar-refractivity contribution in [1.82, 2.24) is 0 Å². The summed E-state index contributed by atoms with van der Waals surface area (Å²) in [5, 5.41) is 2.04. The first-order valence-corrected chi connectivity index (χ1v) is 14.9. The molecule has 2 aromatic rings. The Morgan fingerprint density at radius 2 is 1.03 bits per heavy atom. The van der Waals surface area contributed by atoms with Gasteiger partial charge in [0, 0.05) is 41.7 Å². The summed E-state index contributed by atoms with van der Waals surface area (Å²) in [5.74, 6) is 2.19. The van der Waals surface area contributed by atoms with Crippen LogP contribution in [0.15, 0.2) is 56.0 Å². The maximum absolute atomic E-state index is 3.56. The molecule has 5 heteroatoms. The maximum Gasteiger partial charge on any atom is 0.0126 e. The third-order valence-corrected chi connectivity index (χ3v) is 9.40. The van der Waals surface area contributed by atoms with Crippen LogP contribution in [0.1, 0.15) is 52.7 Å². The van der Waals surface area contributed by atoms with Crippen LogP contribution in [0.5, 0.6) is 0 Å². The molecule has 0 heterocycles. The quantitative estimate of drug-likeness (QED) is 0.227. The molecule has 2 aromatic carbocycles.